The predicted octanol–water partition coefficient (Wildman–Crippen LogP) is 8.81. The highest BCUT2D eigenvalue weighted by Crippen LogP contribution is 2.58. The SMILES string of the molecule is CC(C)Oc1ccc(-c2cc(O[C@@H]3C[C@H]4C(=O)C[C@]5(C(=O)NS(=O)(=O)C6(C)CC6)C[C@H]5/C=C\CC[C@@H](C)C[C@@H](C)[C@H](CC(=O)OC(C)(C)C(F)(F)F)C(=O)N4C3)cc(-c3cccnc3)n2)cc1. The third-order valence-electron chi connectivity index (χ3n) is 13.8. The lowest BCUT2D eigenvalue weighted by Gasteiger charge is -2.33. The lowest BCUT2D eigenvalue weighted by Crippen LogP contribution is -2.48. The molecule has 7 rings (SSSR count). The molecule has 4 aliphatic rings. The number of hydrogen-bond donors (Lipinski definition) is 1. The van der Waals surface area contributed by atoms with Crippen molar-refractivity contribution in [3.05, 3.63) is 73.1 Å². The van der Waals surface area contributed by atoms with Crippen molar-refractivity contribution in [2.24, 2.45) is 29.1 Å². The van der Waals surface area contributed by atoms with E-state index in [0.717, 1.165) is 19.4 Å². The Bertz CT molecular complexity index is 2480. The molecule has 17 heteroatoms. The number of pyridine rings is 2. The predicted molar refractivity (Wildman–Crippen MR) is 244 cm³/mol. The summed E-state index contributed by atoms with van der Waals surface area (Å²) in [7, 11) is -4.06. The molecule has 0 bridgehead atoms. The zero-order chi connectivity index (χ0) is 48.7. The lowest BCUT2D eigenvalue weighted by atomic mass is 9.82. The van der Waals surface area contributed by atoms with Crippen LogP contribution in [0, 0.1) is 29.1 Å². The van der Waals surface area contributed by atoms with Crippen molar-refractivity contribution in [2.75, 3.05) is 6.54 Å². The molecule has 2 aliphatic carbocycles. The van der Waals surface area contributed by atoms with Crippen LogP contribution < -0.4 is 14.2 Å². The molecule has 2 saturated carbocycles. The number of aromatic nitrogens is 2. The van der Waals surface area contributed by atoms with Gasteiger partial charge >= 0.3 is 12.1 Å². The van der Waals surface area contributed by atoms with Crippen LogP contribution in [0.2, 0.25) is 0 Å². The van der Waals surface area contributed by atoms with E-state index < -0.39 is 91.8 Å². The Kier molecular flexibility index (Phi) is 14.1. The Balaban J connectivity index is 1.25. The van der Waals surface area contributed by atoms with Crippen LogP contribution in [-0.4, -0.2) is 88.2 Å². The zero-order valence-electron chi connectivity index (χ0n) is 39.1. The van der Waals surface area contributed by atoms with Gasteiger partial charge in [-0.15, -0.1) is 0 Å². The molecule has 1 aromatic carbocycles. The molecular formula is C50H61F3N4O9S. The van der Waals surface area contributed by atoms with E-state index in [1.165, 1.54) is 4.90 Å². The number of nitrogens with zero attached hydrogens (tertiary/aromatic N) is 3. The van der Waals surface area contributed by atoms with Gasteiger partial charge in [0.1, 0.15) is 17.6 Å². The minimum atomic E-state index is -4.88. The van der Waals surface area contributed by atoms with E-state index in [4.69, 9.17) is 19.2 Å². The van der Waals surface area contributed by atoms with E-state index >= 15 is 4.79 Å². The summed E-state index contributed by atoms with van der Waals surface area (Å²) in [4.78, 5) is 68.1. The number of hydrogen-bond acceptors (Lipinski definition) is 11. The molecular weight excluding hydrogens is 890 g/mol. The standard InChI is InChI=1S/C50H61F3N4O9S/c1-30(2)64-36-16-14-33(15-17-36)40-22-37(23-41(55-40)34-12-10-20-54-28-34)65-38-24-42-43(58)27-49(46(61)56-67(62,63)48(7)18-19-48)26-35(49)13-9-8-11-31(3)21-32(4)39(45(60)57(42)29-38)25-44(59)66-47(5,6)50(51,52)53/h9-10,12-17,20,22-23,28,30-32,35,38-39,42H,8,11,18-19,21,24-27,29H2,1-7H3,(H,56,61)/b13-9-/t31-,32-,35-,38-,39+,42+,49-/m1/s1. The smallest absolute Gasteiger partial charge is 0.427 e. The van der Waals surface area contributed by atoms with Crippen molar-refractivity contribution < 1.29 is 55.0 Å². The van der Waals surface area contributed by atoms with Gasteiger partial charge in [0.25, 0.3) is 0 Å². The summed E-state index contributed by atoms with van der Waals surface area (Å²) in [6, 6.07) is 13.3. The fraction of sp³-hybridized carbons (Fsp3) is 0.560. The Morgan fingerprint density at radius 1 is 0.985 bits per heavy atom. The third-order valence-corrected chi connectivity index (χ3v) is 16.0. The molecule has 0 spiro atoms. The summed E-state index contributed by atoms with van der Waals surface area (Å²) in [5, 5.41) is 0. The number of amides is 2. The number of alkyl halides is 3. The summed E-state index contributed by atoms with van der Waals surface area (Å²) in [5.74, 6) is -4.26. The number of carbonyl (C=O) groups is 4. The van der Waals surface area contributed by atoms with E-state index in [9.17, 15) is 36.0 Å². The van der Waals surface area contributed by atoms with Gasteiger partial charge in [-0.25, -0.2) is 13.4 Å². The highest BCUT2D eigenvalue weighted by atomic mass is 32.2. The van der Waals surface area contributed by atoms with E-state index in [0.29, 0.717) is 60.6 Å². The second-order valence-corrected chi connectivity index (χ2v) is 22.3. The zero-order valence-corrected chi connectivity index (χ0v) is 39.9. The maximum atomic E-state index is 15.1. The van der Waals surface area contributed by atoms with Crippen LogP contribution in [0.1, 0.15) is 106 Å². The first-order valence-electron chi connectivity index (χ1n) is 23.1. The lowest BCUT2D eigenvalue weighted by molar-refractivity contribution is -0.257. The number of benzene rings is 1. The van der Waals surface area contributed by atoms with Crippen molar-refractivity contribution in [3.63, 3.8) is 0 Å². The largest absolute Gasteiger partial charge is 0.491 e. The Labute approximate surface area is 390 Å². The first-order chi connectivity index (χ1) is 31.4. The van der Waals surface area contributed by atoms with Crippen molar-refractivity contribution in [1.82, 2.24) is 19.6 Å². The average molecular weight is 951 g/mol. The topological polar surface area (TPSA) is 171 Å². The first kappa shape index (κ1) is 49.6. The molecule has 3 aromatic rings. The van der Waals surface area contributed by atoms with E-state index in [1.54, 1.807) is 44.4 Å². The van der Waals surface area contributed by atoms with Gasteiger partial charge in [-0.2, -0.15) is 13.2 Å². The normalized spacial score (nSPS) is 27.2. The Morgan fingerprint density at radius 3 is 2.30 bits per heavy atom. The van der Waals surface area contributed by atoms with Crippen molar-refractivity contribution >= 4 is 33.6 Å². The van der Waals surface area contributed by atoms with Crippen LogP contribution in [0.15, 0.2) is 73.1 Å². The van der Waals surface area contributed by atoms with E-state index in [2.05, 4.69) is 9.71 Å². The van der Waals surface area contributed by atoms with Crippen molar-refractivity contribution in [3.8, 4) is 34.0 Å². The third kappa shape index (κ3) is 11.2. The number of fused-ring (bicyclic) bond motifs is 2. The van der Waals surface area contributed by atoms with Gasteiger partial charge in [-0.05, 0) is 127 Å². The van der Waals surface area contributed by atoms with Gasteiger partial charge in [-0.1, -0.05) is 26.0 Å². The molecule has 1 N–H and O–H groups in total. The van der Waals surface area contributed by atoms with Gasteiger partial charge in [0.15, 0.2) is 5.78 Å². The minimum absolute atomic E-state index is 0.000298. The van der Waals surface area contributed by atoms with E-state index in [-0.39, 0.29) is 37.8 Å². The van der Waals surface area contributed by atoms with Crippen LogP contribution >= 0.6 is 0 Å². The van der Waals surface area contributed by atoms with Gasteiger partial charge in [0, 0.05) is 48.5 Å². The van der Waals surface area contributed by atoms with Gasteiger partial charge in [-0.3, -0.25) is 28.9 Å². The minimum Gasteiger partial charge on any atom is -0.491 e. The Morgan fingerprint density at radius 2 is 1.67 bits per heavy atom. The maximum absolute atomic E-state index is 15.1. The molecule has 2 aromatic heterocycles. The first-order valence-corrected chi connectivity index (χ1v) is 24.6. The number of ketones is 1. The van der Waals surface area contributed by atoms with Crippen LogP contribution in [0.4, 0.5) is 13.2 Å². The number of rotatable bonds is 12. The summed E-state index contributed by atoms with van der Waals surface area (Å²) in [6.45, 7) is 10.5. The maximum Gasteiger partial charge on any atom is 0.427 e. The second kappa shape index (κ2) is 19.0. The highest BCUT2D eigenvalue weighted by molar-refractivity contribution is 7.91. The fourth-order valence-corrected chi connectivity index (χ4v) is 10.5. The second-order valence-electron chi connectivity index (χ2n) is 20.1. The van der Waals surface area contributed by atoms with E-state index in [1.807, 2.05) is 63.3 Å². The molecule has 67 heavy (non-hydrogen) atoms. The summed E-state index contributed by atoms with van der Waals surface area (Å²) in [5.41, 5.74) is -1.72. The van der Waals surface area contributed by atoms with Gasteiger partial charge in [0.2, 0.25) is 27.4 Å². The molecule has 7 atom stereocenters. The molecule has 362 valence electrons. The fourth-order valence-electron chi connectivity index (χ4n) is 9.20. The number of sulfonamides is 1. The van der Waals surface area contributed by atoms with Gasteiger partial charge < -0.3 is 19.1 Å². The molecule has 2 amide bonds. The highest BCUT2D eigenvalue weighted by Gasteiger charge is 2.63. The monoisotopic (exact) mass is 950 g/mol. The number of Topliss-reactive ketones (excluding diaryl/α,β-unsaturated/α-hetero) is 1. The van der Waals surface area contributed by atoms with Crippen molar-refractivity contribution in [1.29, 1.82) is 0 Å². The number of esters is 1. The van der Waals surface area contributed by atoms with Crippen molar-refractivity contribution in [2.45, 2.75) is 141 Å². The van der Waals surface area contributed by atoms with Crippen LogP contribution in [0.3, 0.4) is 0 Å². The van der Waals surface area contributed by atoms with Gasteiger partial charge in [0.05, 0.1) is 52.6 Å². The number of allylic oxidation sites excluding steroid dienone is 2. The molecule has 0 unspecified atom stereocenters. The molecule has 4 heterocycles. The summed E-state index contributed by atoms with van der Waals surface area (Å²) < 4.78 is 87.2. The summed E-state index contributed by atoms with van der Waals surface area (Å²) in [6.07, 6.45) is 2.90. The molecule has 2 aliphatic heterocycles. The van der Waals surface area contributed by atoms with Crippen LogP contribution in [0.5, 0.6) is 11.5 Å². The Hall–Kier alpha value is -5.32. The molecule has 3 fully saturated rings. The molecule has 1 saturated heterocycles. The number of carbonyl (C=O) groups excluding carboxylic acids is 4. The number of nitrogens with one attached hydrogen (secondary N) is 1. The average Bonchev–Trinajstić information content (AvgIpc) is 4.14. The molecule has 13 nitrogen and oxygen atoms in total. The number of ether oxygens (including phenoxy) is 3. The summed E-state index contributed by atoms with van der Waals surface area (Å²) >= 11 is 0. The van der Waals surface area contributed by atoms with Crippen LogP contribution in [-0.2, 0) is 33.9 Å². The quantitative estimate of drug-likeness (QED) is 0.136. The molecule has 0 radical (unpaired) electrons. The number of halogens is 3. The van der Waals surface area contributed by atoms with Crippen LogP contribution in [0.25, 0.3) is 22.5 Å².